The Balaban J connectivity index is 2.34. The molecular formula is C19H22F2N2O5. The number of benzene rings is 2. The van der Waals surface area contributed by atoms with Crippen LogP contribution < -0.4 is 29.2 Å². The van der Waals surface area contributed by atoms with Gasteiger partial charge in [0.2, 0.25) is 5.75 Å². The molecule has 0 aliphatic rings. The minimum atomic E-state index is -3.01. The largest absolute Gasteiger partial charge is 0.493 e. The van der Waals surface area contributed by atoms with Crippen LogP contribution >= 0.6 is 0 Å². The highest BCUT2D eigenvalue weighted by atomic mass is 19.3. The number of hydrogen-bond acceptors (Lipinski definition) is 5. The van der Waals surface area contributed by atoms with Gasteiger partial charge in [-0.1, -0.05) is 12.1 Å². The van der Waals surface area contributed by atoms with E-state index in [0.29, 0.717) is 28.5 Å². The normalized spacial score (nSPS) is 10.4. The Labute approximate surface area is 161 Å². The van der Waals surface area contributed by atoms with E-state index in [4.69, 9.17) is 14.2 Å². The van der Waals surface area contributed by atoms with Gasteiger partial charge in [0.1, 0.15) is 5.75 Å². The van der Waals surface area contributed by atoms with Crippen molar-refractivity contribution in [2.24, 2.45) is 0 Å². The van der Waals surface area contributed by atoms with Gasteiger partial charge in [0.05, 0.1) is 32.7 Å². The maximum absolute atomic E-state index is 12.7. The highest BCUT2D eigenvalue weighted by molar-refractivity contribution is 6.03. The van der Waals surface area contributed by atoms with Crippen LogP contribution in [0.1, 0.15) is 5.56 Å². The van der Waals surface area contributed by atoms with Gasteiger partial charge < -0.3 is 24.3 Å². The Morgan fingerprint density at radius 3 is 2.14 bits per heavy atom. The average Bonchev–Trinajstić information content (AvgIpc) is 2.68. The van der Waals surface area contributed by atoms with Crippen molar-refractivity contribution in [2.75, 3.05) is 38.6 Å². The highest BCUT2D eigenvalue weighted by Gasteiger charge is 2.20. The lowest BCUT2D eigenvalue weighted by molar-refractivity contribution is -0.0493. The molecule has 2 aromatic rings. The van der Waals surface area contributed by atoms with E-state index in [0.717, 1.165) is 0 Å². The fraction of sp³-hybridized carbons (Fsp3) is 0.316. The van der Waals surface area contributed by atoms with Gasteiger partial charge in [-0.25, -0.2) is 4.79 Å². The van der Waals surface area contributed by atoms with Crippen LogP contribution in [-0.4, -0.2) is 41.0 Å². The van der Waals surface area contributed by atoms with Gasteiger partial charge in [-0.15, -0.1) is 0 Å². The monoisotopic (exact) mass is 396 g/mol. The van der Waals surface area contributed by atoms with Crippen molar-refractivity contribution in [1.82, 2.24) is 0 Å². The minimum Gasteiger partial charge on any atom is -0.493 e. The van der Waals surface area contributed by atoms with Crippen LogP contribution in [0.15, 0.2) is 30.3 Å². The fourth-order valence-corrected chi connectivity index (χ4v) is 2.56. The molecule has 152 valence electrons. The number of urea groups is 1. The zero-order valence-electron chi connectivity index (χ0n) is 16.2. The van der Waals surface area contributed by atoms with Crippen molar-refractivity contribution in [3.8, 4) is 23.0 Å². The molecule has 7 nitrogen and oxygen atoms in total. The molecule has 1 N–H and O–H groups in total. The van der Waals surface area contributed by atoms with E-state index in [1.807, 2.05) is 0 Å². The standard InChI is InChI=1S/C19H22F2N2O5/c1-11-7-6-8-13(28-18(20)21)16(11)22-19(24)23(2)12-9-14(25-3)17(27-5)15(10-12)26-4/h6-10,18H,1-5H3,(H,22,24). The van der Waals surface area contributed by atoms with Gasteiger partial charge >= 0.3 is 12.6 Å². The molecule has 28 heavy (non-hydrogen) atoms. The zero-order valence-corrected chi connectivity index (χ0v) is 16.2. The predicted octanol–water partition coefficient (Wildman–Crippen LogP) is 4.29. The smallest absolute Gasteiger partial charge is 0.387 e. The molecule has 0 atom stereocenters. The lowest BCUT2D eigenvalue weighted by atomic mass is 10.2. The number of halogens is 2. The second-order valence-corrected chi connectivity index (χ2v) is 5.70. The summed E-state index contributed by atoms with van der Waals surface area (Å²) in [4.78, 5) is 14.0. The number of ether oxygens (including phenoxy) is 4. The maximum atomic E-state index is 12.7. The number of carbonyl (C=O) groups is 1. The number of methoxy groups -OCH3 is 3. The van der Waals surface area contributed by atoms with Gasteiger partial charge in [-0.3, -0.25) is 4.90 Å². The molecule has 0 aromatic heterocycles. The van der Waals surface area contributed by atoms with Crippen LogP contribution in [-0.2, 0) is 0 Å². The van der Waals surface area contributed by atoms with Crippen LogP contribution in [0.4, 0.5) is 25.0 Å². The average molecular weight is 396 g/mol. The summed E-state index contributed by atoms with van der Waals surface area (Å²) >= 11 is 0. The van der Waals surface area contributed by atoms with Crippen molar-refractivity contribution < 1.29 is 32.5 Å². The summed E-state index contributed by atoms with van der Waals surface area (Å²) in [5.41, 5.74) is 1.17. The van der Waals surface area contributed by atoms with Gasteiger partial charge in [0, 0.05) is 19.2 Å². The van der Waals surface area contributed by atoms with Gasteiger partial charge in [0.25, 0.3) is 0 Å². The number of carbonyl (C=O) groups excluding carboxylic acids is 1. The van der Waals surface area contributed by atoms with Crippen molar-refractivity contribution >= 4 is 17.4 Å². The first-order chi connectivity index (χ1) is 13.3. The van der Waals surface area contributed by atoms with Gasteiger partial charge in [-0.05, 0) is 18.6 Å². The molecule has 0 aliphatic heterocycles. The quantitative estimate of drug-likeness (QED) is 0.756. The molecule has 0 bridgehead atoms. The van der Waals surface area contributed by atoms with Crippen LogP contribution in [0.5, 0.6) is 23.0 Å². The third kappa shape index (κ3) is 4.54. The molecule has 0 aliphatic carbocycles. The van der Waals surface area contributed by atoms with E-state index in [2.05, 4.69) is 10.1 Å². The number of anilines is 2. The second-order valence-electron chi connectivity index (χ2n) is 5.70. The Hall–Kier alpha value is -3.23. The SMILES string of the molecule is COc1cc(N(C)C(=O)Nc2c(C)cccc2OC(F)F)cc(OC)c1OC. The number of alkyl halides is 2. The zero-order chi connectivity index (χ0) is 20.8. The summed E-state index contributed by atoms with van der Waals surface area (Å²) in [6, 6.07) is 7.21. The van der Waals surface area contributed by atoms with Gasteiger partial charge in [-0.2, -0.15) is 8.78 Å². The van der Waals surface area contributed by atoms with Crippen LogP contribution in [0, 0.1) is 6.92 Å². The van der Waals surface area contributed by atoms with E-state index >= 15 is 0 Å². The van der Waals surface area contributed by atoms with Crippen molar-refractivity contribution in [1.29, 1.82) is 0 Å². The molecule has 2 amide bonds. The third-order valence-corrected chi connectivity index (χ3v) is 4.02. The molecule has 9 heteroatoms. The molecule has 0 radical (unpaired) electrons. The first-order valence-electron chi connectivity index (χ1n) is 8.21. The van der Waals surface area contributed by atoms with Crippen molar-refractivity contribution in [3.05, 3.63) is 35.9 Å². The second kappa shape index (κ2) is 9.12. The lowest BCUT2D eigenvalue weighted by Gasteiger charge is -2.22. The summed E-state index contributed by atoms with van der Waals surface area (Å²) in [5.74, 6) is 0.999. The van der Waals surface area contributed by atoms with E-state index in [-0.39, 0.29) is 11.4 Å². The lowest BCUT2D eigenvalue weighted by Crippen LogP contribution is -2.31. The number of nitrogens with zero attached hydrogens (tertiary/aromatic N) is 1. The molecule has 0 fully saturated rings. The summed E-state index contributed by atoms with van der Waals surface area (Å²) in [6.45, 7) is -1.34. The van der Waals surface area contributed by atoms with Crippen molar-refractivity contribution in [2.45, 2.75) is 13.5 Å². The molecule has 2 aromatic carbocycles. The van der Waals surface area contributed by atoms with Crippen molar-refractivity contribution in [3.63, 3.8) is 0 Å². The molecule has 2 rings (SSSR count). The highest BCUT2D eigenvalue weighted by Crippen LogP contribution is 2.41. The molecule has 0 saturated heterocycles. The maximum Gasteiger partial charge on any atom is 0.387 e. The Kier molecular flexibility index (Phi) is 6.86. The first-order valence-corrected chi connectivity index (χ1v) is 8.21. The first kappa shape index (κ1) is 21.1. The van der Waals surface area contributed by atoms with Crippen LogP contribution in [0.2, 0.25) is 0 Å². The number of hydrogen-bond donors (Lipinski definition) is 1. The van der Waals surface area contributed by atoms with Crippen LogP contribution in [0.3, 0.4) is 0 Å². The molecular weight excluding hydrogens is 374 g/mol. The third-order valence-electron chi connectivity index (χ3n) is 4.02. The summed E-state index contributed by atoms with van der Waals surface area (Å²) in [5, 5.41) is 2.60. The van der Waals surface area contributed by atoms with Gasteiger partial charge in [0.15, 0.2) is 11.5 Å². The van der Waals surface area contributed by atoms with E-state index in [1.54, 1.807) is 31.2 Å². The summed E-state index contributed by atoms with van der Waals surface area (Å²) in [6.07, 6.45) is 0. The summed E-state index contributed by atoms with van der Waals surface area (Å²) < 4.78 is 45.6. The van der Waals surface area contributed by atoms with E-state index < -0.39 is 12.6 Å². The van der Waals surface area contributed by atoms with Crippen LogP contribution in [0.25, 0.3) is 0 Å². The molecule has 0 heterocycles. The van der Waals surface area contributed by atoms with E-state index in [1.165, 1.54) is 39.3 Å². The number of nitrogens with one attached hydrogen (secondary N) is 1. The molecule has 0 unspecified atom stereocenters. The van der Waals surface area contributed by atoms with E-state index in [9.17, 15) is 13.6 Å². The topological polar surface area (TPSA) is 69.3 Å². The number of rotatable bonds is 7. The predicted molar refractivity (Wildman–Crippen MR) is 101 cm³/mol. The Morgan fingerprint density at radius 1 is 1.04 bits per heavy atom. The molecule has 0 spiro atoms. The number of aryl methyl sites for hydroxylation is 1. The molecule has 0 saturated carbocycles. The number of amides is 2. The Morgan fingerprint density at radius 2 is 1.64 bits per heavy atom. The fourth-order valence-electron chi connectivity index (χ4n) is 2.56. The summed E-state index contributed by atoms with van der Waals surface area (Å²) in [7, 11) is 5.91. The number of para-hydroxylation sites is 1. The minimum absolute atomic E-state index is 0.123. The Bertz CT molecular complexity index is 820.